The summed E-state index contributed by atoms with van der Waals surface area (Å²) >= 11 is 0. The third-order valence-corrected chi connectivity index (χ3v) is 6.25. The zero-order valence-electron chi connectivity index (χ0n) is 18.1. The molecular formula is C24H28N4O3. The number of aromatic nitrogens is 1. The summed E-state index contributed by atoms with van der Waals surface area (Å²) in [7, 11) is 1.68. The van der Waals surface area contributed by atoms with Crippen LogP contribution in [0, 0.1) is 0 Å². The molecule has 1 N–H and O–H groups in total. The van der Waals surface area contributed by atoms with Gasteiger partial charge < -0.3 is 19.5 Å². The van der Waals surface area contributed by atoms with Crippen molar-refractivity contribution in [2.24, 2.45) is 0 Å². The summed E-state index contributed by atoms with van der Waals surface area (Å²) in [6.45, 7) is 8.43. The number of carbonyl (C=O) groups excluding carboxylic acids is 1. The van der Waals surface area contributed by atoms with Gasteiger partial charge in [-0.15, -0.1) is 0 Å². The van der Waals surface area contributed by atoms with Crippen LogP contribution in [0.2, 0.25) is 0 Å². The lowest BCUT2D eigenvalue weighted by Gasteiger charge is -2.36. The lowest BCUT2D eigenvalue weighted by atomic mass is 9.86. The van der Waals surface area contributed by atoms with Crippen LogP contribution in [0.3, 0.4) is 0 Å². The number of hydrogen-bond acceptors (Lipinski definition) is 7. The van der Waals surface area contributed by atoms with Gasteiger partial charge in [0, 0.05) is 56.6 Å². The Morgan fingerprint density at radius 2 is 1.94 bits per heavy atom. The number of rotatable bonds is 7. The predicted molar refractivity (Wildman–Crippen MR) is 122 cm³/mol. The van der Waals surface area contributed by atoms with Gasteiger partial charge in [-0.1, -0.05) is 36.3 Å². The van der Waals surface area contributed by atoms with Crippen LogP contribution in [-0.2, 0) is 4.74 Å². The van der Waals surface area contributed by atoms with E-state index in [0.29, 0.717) is 30.0 Å². The molecular weight excluding hydrogens is 392 g/mol. The Bertz CT molecular complexity index is 1120. The van der Waals surface area contributed by atoms with E-state index in [4.69, 9.17) is 9.26 Å². The minimum atomic E-state index is 0.00975. The Balaban J connectivity index is 1.62. The van der Waals surface area contributed by atoms with Crippen molar-refractivity contribution < 1.29 is 14.1 Å². The molecule has 0 unspecified atom stereocenters. The first kappa shape index (κ1) is 20.0. The average Bonchev–Trinajstić information content (AvgIpc) is 3.24. The molecule has 2 aromatic carbocycles. The molecule has 7 nitrogen and oxygen atoms in total. The minimum Gasteiger partial charge on any atom is -0.383 e. The van der Waals surface area contributed by atoms with Crippen LogP contribution in [0.1, 0.15) is 29.3 Å². The van der Waals surface area contributed by atoms with Crippen LogP contribution in [0.4, 0.5) is 11.4 Å². The van der Waals surface area contributed by atoms with Gasteiger partial charge in [-0.3, -0.25) is 9.69 Å². The number of ketones is 1. The smallest absolute Gasteiger partial charge is 0.196 e. The van der Waals surface area contributed by atoms with Crippen molar-refractivity contribution in [1.29, 1.82) is 0 Å². The zero-order chi connectivity index (χ0) is 21.4. The van der Waals surface area contributed by atoms with E-state index in [1.165, 1.54) is 6.42 Å². The van der Waals surface area contributed by atoms with Gasteiger partial charge in [0.25, 0.3) is 0 Å². The lowest BCUT2D eigenvalue weighted by Crippen LogP contribution is -2.46. The SMILES string of the molecule is CCCN1CCN(c2cc(NCCOC)c3c4c(onc24)-c2ccccc2C3=O)CC1. The molecule has 1 aromatic heterocycles. The van der Waals surface area contributed by atoms with Gasteiger partial charge in [-0.25, -0.2) is 0 Å². The molecule has 0 amide bonds. The van der Waals surface area contributed by atoms with Crippen LogP contribution < -0.4 is 10.2 Å². The molecule has 0 spiro atoms. The number of benzene rings is 2. The maximum absolute atomic E-state index is 13.5. The molecule has 31 heavy (non-hydrogen) atoms. The van der Waals surface area contributed by atoms with Crippen LogP contribution >= 0.6 is 0 Å². The van der Waals surface area contributed by atoms with Gasteiger partial charge in [-0.05, 0) is 19.0 Å². The standard InChI is InChI=1S/C24H28N4O3/c1-3-9-27-10-12-28(13-11-27)19-15-18(25-8-14-30-2)20-21-22(19)26-31-24(21)17-7-5-4-6-16(17)23(20)29/h4-7,15,25H,3,8-14H2,1-2H3. The maximum atomic E-state index is 13.5. The van der Waals surface area contributed by atoms with E-state index in [1.807, 2.05) is 24.3 Å². The molecule has 1 aliphatic heterocycles. The highest BCUT2D eigenvalue weighted by atomic mass is 16.5. The van der Waals surface area contributed by atoms with E-state index in [2.05, 4.69) is 33.3 Å². The second-order valence-corrected chi connectivity index (χ2v) is 8.18. The molecule has 5 rings (SSSR count). The highest BCUT2D eigenvalue weighted by Gasteiger charge is 2.34. The highest BCUT2D eigenvalue weighted by Crippen LogP contribution is 2.45. The molecule has 2 heterocycles. The van der Waals surface area contributed by atoms with Crippen LogP contribution in [-0.4, -0.2) is 68.8 Å². The van der Waals surface area contributed by atoms with Crippen LogP contribution in [0.5, 0.6) is 0 Å². The second kappa shape index (κ2) is 8.32. The average molecular weight is 421 g/mol. The normalized spacial score (nSPS) is 16.1. The van der Waals surface area contributed by atoms with Gasteiger partial charge in [0.1, 0.15) is 5.52 Å². The zero-order valence-corrected chi connectivity index (χ0v) is 18.1. The fraction of sp³-hybridized carbons (Fsp3) is 0.417. The molecule has 7 heteroatoms. The molecule has 0 atom stereocenters. The number of methoxy groups -OCH3 is 1. The number of piperazine rings is 1. The maximum Gasteiger partial charge on any atom is 0.196 e. The first-order valence-electron chi connectivity index (χ1n) is 11.0. The first-order chi connectivity index (χ1) is 15.2. The number of carbonyl (C=O) groups is 1. The molecule has 3 aromatic rings. The molecule has 1 fully saturated rings. The summed E-state index contributed by atoms with van der Waals surface area (Å²) in [5.74, 6) is 0.692. The van der Waals surface area contributed by atoms with E-state index < -0.39 is 0 Å². The minimum absolute atomic E-state index is 0.00975. The van der Waals surface area contributed by atoms with Gasteiger partial charge >= 0.3 is 0 Å². The predicted octanol–water partition coefficient (Wildman–Crippen LogP) is 3.63. The van der Waals surface area contributed by atoms with Crippen molar-refractivity contribution in [2.75, 3.05) is 63.2 Å². The molecule has 1 saturated heterocycles. The Kier molecular flexibility index (Phi) is 5.38. The van der Waals surface area contributed by atoms with Crippen LogP contribution in [0.15, 0.2) is 34.9 Å². The monoisotopic (exact) mass is 420 g/mol. The Hall–Kier alpha value is -2.90. The molecule has 162 valence electrons. The third-order valence-electron chi connectivity index (χ3n) is 6.25. The number of ether oxygens (including phenoxy) is 1. The summed E-state index contributed by atoms with van der Waals surface area (Å²) in [5, 5.41) is 8.70. The highest BCUT2D eigenvalue weighted by molar-refractivity contribution is 6.28. The van der Waals surface area contributed by atoms with E-state index in [-0.39, 0.29) is 5.78 Å². The Morgan fingerprint density at radius 3 is 2.68 bits per heavy atom. The molecule has 1 aliphatic carbocycles. The van der Waals surface area contributed by atoms with Crippen molar-refractivity contribution in [3.05, 3.63) is 41.5 Å². The number of fused-ring (bicyclic) bond motifs is 2. The summed E-state index contributed by atoms with van der Waals surface area (Å²) in [5.41, 5.74) is 4.74. The lowest BCUT2D eigenvalue weighted by molar-refractivity contribution is 0.104. The molecule has 0 saturated carbocycles. The summed E-state index contributed by atoms with van der Waals surface area (Å²) in [6.07, 6.45) is 1.17. The Labute approximate surface area is 181 Å². The summed E-state index contributed by atoms with van der Waals surface area (Å²) in [6, 6.07) is 9.68. The molecule has 0 radical (unpaired) electrons. The largest absolute Gasteiger partial charge is 0.383 e. The van der Waals surface area contributed by atoms with E-state index in [9.17, 15) is 4.79 Å². The molecule has 2 aliphatic rings. The van der Waals surface area contributed by atoms with Crippen molar-refractivity contribution in [1.82, 2.24) is 10.1 Å². The van der Waals surface area contributed by atoms with Gasteiger partial charge in [0.05, 0.1) is 23.2 Å². The fourth-order valence-electron chi connectivity index (χ4n) is 4.74. The number of anilines is 2. The first-order valence-corrected chi connectivity index (χ1v) is 11.0. The van der Waals surface area contributed by atoms with Crippen molar-refractivity contribution >= 4 is 28.1 Å². The fourth-order valence-corrected chi connectivity index (χ4v) is 4.74. The van der Waals surface area contributed by atoms with Crippen molar-refractivity contribution in [3.63, 3.8) is 0 Å². The number of hydrogen-bond donors (Lipinski definition) is 1. The van der Waals surface area contributed by atoms with E-state index in [1.54, 1.807) is 7.11 Å². The van der Waals surface area contributed by atoms with Gasteiger partial charge in [0.2, 0.25) is 0 Å². The summed E-state index contributed by atoms with van der Waals surface area (Å²) in [4.78, 5) is 18.3. The van der Waals surface area contributed by atoms with Gasteiger partial charge in [-0.2, -0.15) is 0 Å². The number of nitrogens with zero attached hydrogens (tertiary/aromatic N) is 3. The topological polar surface area (TPSA) is 70.8 Å². The van der Waals surface area contributed by atoms with Gasteiger partial charge in [0.15, 0.2) is 11.5 Å². The third kappa shape index (κ3) is 3.38. The Morgan fingerprint density at radius 1 is 1.16 bits per heavy atom. The number of nitrogens with one attached hydrogen (secondary N) is 1. The van der Waals surface area contributed by atoms with Crippen molar-refractivity contribution in [3.8, 4) is 11.3 Å². The van der Waals surface area contributed by atoms with Crippen molar-refractivity contribution in [2.45, 2.75) is 13.3 Å². The quantitative estimate of drug-likeness (QED) is 0.458. The van der Waals surface area contributed by atoms with E-state index in [0.717, 1.165) is 60.6 Å². The second-order valence-electron chi connectivity index (χ2n) is 8.18. The van der Waals surface area contributed by atoms with E-state index >= 15 is 0 Å². The summed E-state index contributed by atoms with van der Waals surface area (Å²) < 4.78 is 11.1. The molecule has 0 bridgehead atoms. The van der Waals surface area contributed by atoms with Crippen LogP contribution in [0.25, 0.3) is 22.2 Å².